The quantitative estimate of drug-likeness (QED) is 0.764. The summed E-state index contributed by atoms with van der Waals surface area (Å²) in [5, 5.41) is 8.75. The van der Waals surface area contributed by atoms with E-state index >= 15 is 0 Å². The molecule has 2 nitrogen and oxygen atoms in total. The van der Waals surface area contributed by atoms with Crippen molar-refractivity contribution in [1.82, 2.24) is 0 Å². The summed E-state index contributed by atoms with van der Waals surface area (Å²) in [5.41, 5.74) is 2.46. The Balaban J connectivity index is 2.22. The Morgan fingerprint density at radius 1 is 1.00 bits per heavy atom. The third-order valence-corrected chi connectivity index (χ3v) is 2.79. The average molecular weight is 235 g/mol. The number of nitrogens with zero attached hydrogens (tertiary/aromatic N) is 1. The molecule has 0 spiro atoms. The van der Waals surface area contributed by atoms with E-state index in [2.05, 4.69) is 6.07 Å². The van der Waals surface area contributed by atoms with Crippen LogP contribution in [0.3, 0.4) is 0 Å². The fourth-order valence-electron chi connectivity index (χ4n) is 1.91. The van der Waals surface area contributed by atoms with E-state index in [0.29, 0.717) is 12.0 Å². The van der Waals surface area contributed by atoms with Gasteiger partial charge in [0.1, 0.15) is 0 Å². The van der Waals surface area contributed by atoms with Crippen molar-refractivity contribution < 1.29 is 4.79 Å². The molecule has 0 unspecified atom stereocenters. The summed E-state index contributed by atoms with van der Waals surface area (Å²) < 4.78 is 0. The molecule has 2 rings (SSSR count). The van der Waals surface area contributed by atoms with Crippen LogP contribution in [0.25, 0.3) is 0 Å². The number of nitriles is 1. The van der Waals surface area contributed by atoms with Crippen LogP contribution in [0.4, 0.5) is 0 Å². The Hall–Kier alpha value is -2.40. The average Bonchev–Trinajstić information content (AvgIpc) is 2.41. The minimum atomic E-state index is 0.0621. The largest absolute Gasteiger partial charge is 0.294 e. The molecule has 88 valence electrons. The van der Waals surface area contributed by atoms with Gasteiger partial charge in [-0.3, -0.25) is 4.79 Å². The zero-order valence-electron chi connectivity index (χ0n) is 9.97. The highest BCUT2D eigenvalue weighted by Gasteiger charge is 2.10. The van der Waals surface area contributed by atoms with Gasteiger partial charge in [0.25, 0.3) is 0 Å². The Morgan fingerprint density at radius 2 is 1.67 bits per heavy atom. The van der Waals surface area contributed by atoms with Crippen LogP contribution in [-0.2, 0) is 12.8 Å². The van der Waals surface area contributed by atoms with Crippen LogP contribution in [0, 0.1) is 11.3 Å². The Morgan fingerprint density at radius 3 is 2.39 bits per heavy atom. The van der Waals surface area contributed by atoms with Gasteiger partial charge >= 0.3 is 0 Å². The first kappa shape index (κ1) is 12.1. The molecule has 2 heteroatoms. The van der Waals surface area contributed by atoms with Gasteiger partial charge in [-0.1, -0.05) is 54.6 Å². The SMILES string of the molecule is N#CCc1ccccc1C(=O)Cc1ccccc1. The highest BCUT2D eigenvalue weighted by atomic mass is 16.1. The maximum Gasteiger partial charge on any atom is 0.167 e. The van der Waals surface area contributed by atoms with E-state index in [1.165, 1.54) is 0 Å². The number of rotatable bonds is 4. The fourth-order valence-corrected chi connectivity index (χ4v) is 1.91. The van der Waals surface area contributed by atoms with Crippen LogP contribution in [-0.4, -0.2) is 5.78 Å². The van der Waals surface area contributed by atoms with Crippen LogP contribution >= 0.6 is 0 Å². The summed E-state index contributed by atoms with van der Waals surface area (Å²) in [4.78, 5) is 12.2. The number of ketones is 1. The second-order valence-corrected chi connectivity index (χ2v) is 4.08. The van der Waals surface area contributed by atoms with E-state index in [4.69, 9.17) is 5.26 Å². The topological polar surface area (TPSA) is 40.9 Å². The number of Topliss-reactive ketones (excluding diaryl/α,β-unsaturated/α-hetero) is 1. The van der Waals surface area contributed by atoms with Gasteiger partial charge in [0.2, 0.25) is 0 Å². The first-order chi connectivity index (χ1) is 8.81. The number of hydrogen-bond acceptors (Lipinski definition) is 2. The Kier molecular flexibility index (Phi) is 3.88. The van der Waals surface area contributed by atoms with Gasteiger partial charge in [0, 0.05) is 12.0 Å². The van der Waals surface area contributed by atoms with Gasteiger partial charge in [-0.2, -0.15) is 5.26 Å². The highest BCUT2D eigenvalue weighted by Crippen LogP contribution is 2.13. The predicted molar refractivity (Wildman–Crippen MR) is 70.2 cm³/mol. The Labute approximate surface area is 107 Å². The van der Waals surface area contributed by atoms with Gasteiger partial charge in [-0.25, -0.2) is 0 Å². The second-order valence-electron chi connectivity index (χ2n) is 4.08. The van der Waals surface area contributed by atoms with Gasteiger partial charge in [-0.15, -0.1) is 0 Å². The van der Waals surface area contributed by atoms with Crippen molar-refractivity contribution in [3.8, 4) is 6.07 Å². The van der Waals surface area contributed by atoms with Crippen molar-refractivity contribution in [3.05, 3.63) is 71.3 Å². The zero-order chi connectivity index (χ0) is 12.8. The minimum absolute atomic E-state index is 0.0621. The lowest BCUT2D eigenvalue weighted by Crippen LogP contribution is -2.06. The molecule has 0 atom stereocenters. The molecule has 0 bridgehead atoms. The molecule has 0 aromatic heterocycles. The summed E-state index contributed by atoms with van der Waals surface area (Å²) in [6.45, 7) is 0. The molecule has 0 saturated heterocycles. The number of benzene rings is 2. The summed E-state index contributed by atoms with van der Waals surface area (Å²) >= 11 is 0. The molecule has 0 radical (unpaired) electrons. The maximum absolute atomic E-state index is 12.2. The monoisotopic (exact) mass is 235 g/mol. The Bertz CT molecular complexity index is 582. The van der Waals surface area contributed by atoms with E-state index in [9.17, 15) is 4.79 Å². The molecule has 0 aliphatic carbocycles. The fraction of sp³-hybridized carbons (Fsp3) is 0.125. The summed E-state index contributed by atoms with van der Waals surface area (Å²) in [5.74, 6) is 0.0621. The summed E-state index contributed by atoms with van der Waals surface area (Å²) in [6, 6.07) is 19.0. The third kappa shape index (κ3) is 2.83. The first-order valence-electron chi connectivity index (χ1n) is 5.83. The van der Waals surface area contributed by atoms with Crippen molar-refractivity contribution in [2.24, 2.45) is 0 Å². The van der Waals surface area contributed by atoms with Crippen molar-refractivity contribution in [2.75, 3.05) is 0 Å². The smallest absolute Gasteiger partial charge is 0.167 e. The molecular weight excluding hydrogens is 222 g/mol. The van der Waals surface area contributed by atoms with E-state index in [0.717, 1.165) is 11.1 Å². The highest BCUT2D eigenvalue weighted by molar-refractivity contribution is 5.98. The number of carbonyl (C=O) groups is 1. The van der Waals surface area contributed by atoms with Gasteiger partial charge in [-0.05, 0) is 11.1 Å². The normalized spacial score (nSPS) is 9.72. The molecular formula is C16H13NO. The minimum Gasteiger partial charge on any atom is -0.294 e. The molecule has 0 aliphatic heterocycles. The van der Waals surface area contributed by atoms with Crippen LogP contribution < -0.4 is 0 Å². The maximum atomic E-state index is 12.2. The van der Waals surface area contributed by atoms with Gasteiger partial charge < -0.3 is 0 Å². The van der Waals surface area contributed by atoms with Crippen LogP contribution in [0.2, 0.25) is 0 Å². The van der Waals surface area contributed by atoms with Crippen molar-refractivity contribution in [3.63, 3.8) is 0 Å². The molecule has 18 heavy (non-hydrogen) atoms. The van der Waals surface area contributed by atoms with Crippen LogP contribution in [0.15, 0.2) is 54.6 Å². The van der Waals surface area contributed by atoms with Gasteiger partial charge in [0.15, 0.2) is 5.78 Å². The lowest BCUT2D eigenvalue weighted by atomic mass is 9.97. The van der Waals surface area contributed by atoms with Gasteiger partial charge in [0.05, 0.1) is 12.5 Å². The van der Waals surface area contributed by atoms with E-state index in [1.54, 1.807) is 6.07 Å². The molecule has 0 fully saturated rings. The standard InChI is InChI=1S/C16H13NO/c17-11-10-14-8-4-5-9-15(14)16(18)12-13-6-2-1-3-7-13/h1-9H,10,12H2. The summed E-state index contributed by atoms with van der Waals surface area (Å²) in [7, 11) is 0. The number of carbonyl (C=O) groups excluding carboxylic acids is 1. The van der Waals surface area contributed by atoms with E-state index in [-0.39, 0.29) is 12.2 Å². The molecule has 0 saturated carbocycles. The molecule has 0 heterocycles. The van der Waals surface area contributed by atoms with Crippen LogP contribution in [0.1, 0.15) is 21.5 Å². The van der Waals surface area contributed by atoms with Crippen LogP contribution in [0.5, 0.6) is 0 Å². The van der Waals surface area contributed by atoms with E-state index in [1.807, 2.05) is 48.5 Å². The molecule has 2 aromatic carbocycles. The third-order valence-electron chi connectivity index (χ3n) is 2.79. The first-order valence-corrected chi connectivity index (χ1v) is 5.83. The second kappa shape index (κ2) is 5.79. The van der Waals surface area contributed by atoms with Crippen molar-refractivity contribution in [1.29, 1.82) is 5.26 Å². The number of hydrogen-bond donors (Lipinski definition) is 0. The molecule has 2 aromatic rings. The molecule has 0 N–H and O–H groups in total. The molecule has 0 aliphatic rings. The predicted octanol–water partition coefficient (Wildman–Crippen LogP) is 3.18. The zero-order valence-corrected chi connectivity index (χ0v) is 9.97. The van der Waals surface area contributed by atoms with Crippen molar-refractivity contribution >= 4 is 5.78 Å². The summed E-state index contributed by atoms with van der Waals surface area (Å²) in [6.07, 6.45) is 0.653. The molecule has 0 amide bonds. The van der Waals surface area contributed by atoms with E-state index < -0.39 is 0 Å². The van der Waals surface area contributed by atoms with Crippen molar-refractivity contribution in [2.45, 2.75) is 12.8 Å². The lowest BCUT2D eigenvalue weighted by molar-refractivity contribution is 0.0992. The lowest BCUT2D eigenvalue weighted by Gasteiger charge is -2.05.